The molecule has 0 bridgehead atoms. The zero-order valence-corrected chi connectivity index (χ0v) is 19.9. The van der Waals surface area contributed by atoms with Crippen LogP contribution in [0.2, 0.25) is 0 Å². The standard InChI is InChI=1S/C27H28F3N3O2/c1-26(2,3)35-25(34)33-13-10-20-15-24(32-16-18-8-11-31-12-9-18)23(14-21(20)17-33)19-4-6-22(7-5-19)27(28,29)30/h4-9,11-12,14-15,32H,10,13,16-17H2,1-3H3. The number of aromatic nitrogens is 1. The van der Waals surface area contributed by atoms with Gasteiger partial charge in [-0.15, -0.1) is 0 Å². The summed E-state index contributed by atoms with van der Waals surface area (Å²) in [5, 5.41) is 3.43. The third-order valence-electron chi connectivity index (χ3n) is 5.76. The highest BCUT2D eigenvalue weighted by atomic mass is 19.4. The minimum absolute atomic E-state index is 0.376. The normalized spacial score (nSPS) is 13.8. The number of rotatable bonds is 4. The Morgan fingerprint density at radius 2 is 1.71 bits per heavy atom. The molecule has 0 saturated carbocycles. The van der Waals surface area contributed by atoms with E-state index in [1.807, 2.05) is 45.0 Å². The first-order chi connectivity index (χ1) is 16.5. The molecule has 4 rings (SSSR count). The van der Waals surface area contributed by atoms with Gasteiger partial charge in [0.1, 0.15) is 5.60 Å². The van der Waals surface area contributed by atoms with E-state index in [1.54, 1.807) is 17.3 Å². The van der Waals surface area contributed by atoms with Crippen LogP contribution >= 0.6 is 0 Å². The summed E-state index contributed by atoms with van der Waals surface area (Å²) < 4.78 is 44.8. The Morgan fingerprint density at radius 1 is 1.03 bits per heavy atom. The first kappa shape index (κ1) is 24.6. The summed E-state index contributed by atoms with van der Waals surface area (Å²) in [5.41, 5.74) is 4.05. The van der Waals surface area contributed by atoms with Crippen LogP contribution in [0.15, 0.2) is 60.9 Å². The molecule has 1 aliphatic heterocycles. The van der Waals surface area contributed by atoms with E-state index in [9.17, 15) is 18.0 Å². The second kappa shape index (κ2) is 9.60. The molecule has 0 atom stereocenters. The number of amides is 1. The number of ether oxygens (including phenoxy) is 1. The van der Waals surface area contributed by atoms with Crippen LogP contribution in [0.5, 0.6) is 0 Å². The molecule has 0 radical (unpaired) electrons. The highest BCUT2D eigenvalue weighted by Crippen LogP contribution is 2.36. The number of halogens is 3. The van der Waals surface area contributed by atoms with Crippen LogP contribution in [-0.2, 0) is 30.4 Å². The summed E-state index contributed by atoms with van der Waals surface area (Å²) in [6, 6.07) is 13.0. The highest BCUT2D eigenvalue weighted by molar-refractivity contribution is 5.80. The Labute approximate surface area is 202 Å². The summed E-state index contributed by atoms with van der Waals surface area (Å²) in [7, 11) is 0. The number of nitrogens with zero attached hydrogens (tertiary/aromatic N) is 2. The van der Waals surface area contributed by atoms with E-state index in [4.69, 9.17) is 4.74 Å². The van der Waals surface area contributed by atoms with Crippen LogP contribution < -0.4 is 5.32 Å². The molecule has 1 aromatic heterocycles. The molecule has 3 aromatic rings. The fraction of sp³-hybridized carbons (Fsp3) is 0.333. The quantitative estimate of drug-likeness (QED) is 0.450. The van der Waals surface area contributed by atoms with Gasteiger partial charge < -0.3 is 15.0 Å². The molecule has 1 aliphatic rings. The minimum Gasteiger partial charge on any atom is -0.444 e. The van der Waals surface area contributed by atoms with Crippen LogP contribution in [0.25, 0.3) is 11.1 Å². The molecule has 0 aliphatic carbocycles. The van der Waals surface area contributed by atoms with Crippen LogP contribution in [0.4, 0.5) is 23.7 Å². The van der Waals surface area contributed by atoms with Crippen molar-refractivity contribution in [2.45, 2.75) is 52.1 Å². The van der Waals surface area contributed by atoms with Gasteiger partial charge in [0.2, 0.25) is 0 Å². The van der Waals surface area contributed by atoms with Crippen LogP contribution in [0.3, 0.4) is 0 Å². The van der Waals surface area contributed by atoms with Crippen molar-refractivity contribution in [1.29, 1.82) is 0 Å². The van der Waals surface area contributed by atoms with E-state index in [-0.39, 0.29) is 6.09 Å². The van der Waals surface area contributed by atoms with E-state index >= 15 is 0 Å². The number of pyridine rings is 1. The van der Waals surface area contributed by atoms with Crippen LogP contribution in [0, 0.1) is 0 Å². The molecule has 1 amide bonds. The van der Waals surface area contributed by atoms with Gasteiger partial charge in [0, 0.05) is 43.3 Å². The number of carbonyl (C=O) groups excluding carboxylic acids is 1. The molecule has 0 unspecified atom stereocenters. The lowest BCUT2D eigenvalue weighted by molar-refractivity contribution is -0.137. The molecule has 2 aromatic carbocycles. The van der Waals surface area contributed by atoms with Gasteiger partial charge in [0.15, 0.2) is 0 Å². The predicted molar refractivity (Wildman–Crippen MR) is 129 cm³/mol. The third kappa shape index (κ3) is 6.12. The van der Waals surface area contributed by atoms with Gasteiger partial charge in [-0.3, -0.25) is 4.98 Å². The minimum atomic E-state index is -4.40. The first-order valence-electron chi connectivity index (χ1n) is 11.4. The van der Waals surface area contributed by atoms with Crippen molar-refractivity contribution < 1.29 is 22.7 Å². The van der Waals surface area contributed by atoms with Gasteiger partial charge in [0.25, 0.3) is 0 Å². The van der Waals surface area contributed by atoms with Crippen LogP contribution in [-0.4, -0.2) is 28.1 Å². The Morgan fingerprint density at radius 3 is 2.34 bits per heavy atom. The van der Waals surface area contributed by atoms with Gasteiger partial charge in [-0.1, -0.05) is 12.1 Å². The molecule has 0 fully saturated rings. The number of alkyl halides is 3. The van der Waals surface area contributed by atoms with E-state index in [1.165, 1.54) is 12.1 Å². The molecular weight excluding hydrogens is 455 g/mol. The van der Waals surface area contributed by atoms with Crippen molar-refractivity contribution in [3.05, 3.63) is 83.2 Å². The van der Waals surface area contributed by atoms with Crippen LogP contribution in [0.1, 0.15) is 43.0 Å². The maximum atomic E-state index is 13.1. The topological polar surface area (TPSA) is 54.5 Å². The van der Waals surface area contributed by atoms with Gasteiger partial charge >= 0.3 is 12.3 Å². The summed E-state index contributed by atoms with van der Waals surface area (Å²) in [5.74, 6) is 0. The van der Waals surface area contributed by atoms with Gasteiger partial charge in [-0.05, 0) is 85.8 Å². The number of fused-ring (bicyclic) bond motifs is 1. The van der Waals surface area contributed by atoms with E-state index < -0.39 is 17.3 Å². The molecular formula is C27H28F3N3O2. The Kier molecular flexibility index (Phi) is 6.74. The van der Waals surface area contributed by atoms with Crippen molar-refractivity contribution in [3.63, 3.8) is 0 Å². The summed E-state index contributed by atoms with van der Waals surface area (Å²) in [4.78, 5) is 18.3. The van der Waals surface area contributed by atoms with Gasteiger partial charge in [0.05, 0.1) is 5.56 Å². The van der Waals surface area contributed by atoms with E-state index in [2.05, 4.69) is 10.3 Å². The zero-order chi connectivity index (χ0) is 25.2. The van der Waals surface area contributed by atoms with Crippen molar-refractivity contribution in [1.82, 2.24) is 9.88 Å². The SMILES string of the molecule is CC(C)(C)OC(=O)N1CCc2cc(NCc3ccncc3)c(-c3ccc(C(F)(F)F)cc3)cc2C1. The molecule has 35 heavy (non-hydrogen) atoms. The maximum absolute atomic E-state index is 13.1. The molecule has 1 N–H and O–H groups in total. The predicted octanol–water partition coefficient (Wildman–Crippen LogP) is 6.67. The number of hydrogen-bond acceptors (Lipinski definition) is 4. The number of carbonyl (C=O) groups is 1. The van der Waals surface area contributed by atoms with Gasteiger partial charge in [-0.2, -0.15) is 13.2 Å². The van der Waals surface area contributed by atoms with Crippen molar-refractivity contribution in [3.8, 4) is 11.1 Å². The molecule has 2 heterocycles. The summed E-state index contributed by atoms with van der Waals surface area (Å²) in [6.45, 7) is 6.93. The molecule has 5 nitrogen and oxygen atoms in total. The average molecular weight is 484 g/mol. The zero-order valence-electron chi connectivity index (χ0n) is 19.9. The average Bonchev–Trinajstić information content (AvgIpc) is 2.81. The molecule has 0 saturated heterocycles. The van der Waals surface area contributed by atoms with E-state index in [0.29, 0.717) is 31.6 Å². The maximum Gasteiger partial charge on any atom is 0.416 e. The molecule has 0 spiro atoms. The largest absolute Gasteiger partial charge is 0.444 e. The smallest absolute Gasteiger partial charge is 0.416 e. The number of anilines is 1. The fourth-order valence-electron chi connectivity index (χ4n) is 4.01. The summed E-state index contributed by atoms with van der Waals surface area (Å²) in [6.07, 6.45) is -0.687. The number of nitrogens with one attached hydrogen (secondary N) is 1. The Hall–Kier alpha value is -3.55. The van der Waals surface area contributed by atoms with Crippen molar-refractivity contribution >= 4 is 11.8 Å². The molecule has 184 valence electrons. The second-order valence-corrected chi connectivity index (χ2v) is 9.60. The second-order valence-electron chi connectivity index (χ2n) is 9.60. The third-order valence-corrected chi connectivity index (χ3v) is 5.76. The highest BCUT2D eigenvalue weighted by Gasteiger charge is 2.30. The van der Waals surface area contributed by atoms with Crippen molar-refractivity contribution in [2.24, 2.45) is 0 Å². The van der Waals surface area contributed by atoms with Gasteiger partial charge in [-0.25, -0.2) is 4.79 Å². The number of benzene rings is 2. The summed E-state index contributed by atoms with van der Waals surface area (Å²) >= 11 is 0. The van der Waals surface area contributed by atoms with Crippen molar-refractivity contribution in [2.75, 3.05) is 11.9 Å². The lowest BCUT2D eigenvalue weighted by Gasteiger charge is -2.32. The number of hydrogen-bond donors (Lipinski definition) is 1. The Balaban J connectivity index is 1.67. The molecule has 8 heteroatoms. The van der Waals surface area contributed by atoms with E-state index in [0.717, 1.165) is 40.1 Å². The first-order valence-corrected chi connectivity index (χ1v) is 11.4. The lowest BCUT2D eigenvalue weighted by Crippen LogP contribution is -2.39. The fourth-order valence-corrected chi connectivity index (χ4v) is 4.01. The monoisotopic (exact) mass is 483 g/mol. The Bertz CT molecular complexity index is 1190. The lowest BCUT2D eigenvalue weighted by atomic mass is 9.92.